The van der Waals surface area contributed by atoms with Crippen LogP contribution in [0.15, 0.2) is 97.1 Å². The van der Waals surface area contributed by atoms with E-state index in [1.807, 2.05) is 60.7 Å². The average molecular weight is 769 g/mol. The first-order valence-corrected chi connectivity index (χ1v) is 17.6. The number of hydrogen-bond acceptors (Lipinski definition) is 2. The molecule has 1 aliphatic heterocycles. The average Bonchev–Trinajstić information content (AvgIpc) is 3.18. The van der Waals surface area contributed by atoms with Crippen LogP contribution in [0.25, 0.3) is 0 Å². The molecule has 2 nitrogen and oxygen atoms in total. The molecule has 0 saturated heterocycles. The summed E-state index contributed by atoms with van der Waals surface area (Å²) in [5.41, 5.74) is -5.12. The number of para-hydroxylation sites is 2. The SMILES string of the molecule is CO[B-](c1cccc2c1Oc1c(P(c3ccccc3)c3ccccc3)cccc1C2(C)C)(c1c(F)c(F)c(F)c(F)c1F)c1c(F)c(F)c(F)c(F)c1F. The number of ether oxygens (including phenoxy) is 1. The van der Waals surface area contributed by atoms with Crippen LogP contribution in [0.2, 0.25) is 0 Å². The molecule has 0 radical (unpaired) electrons. The smallest absolute Gasteiger partial charge is 0.213 e. The fraction of sp³-hybridized carbons (Fsp3) is 0.100. The van der Waals surface area contributed by atoms with Crippen molar-refractivity contribution in [1.82, 2.24) is 0 Å². The van der Waals surface area contributed by atoms with Crippen LogP contribution in [-0.2, 0) is 10.1 Å². The van der Waals surface area contributed by atoms with E-state index in [-0.39, 0.29) is 11.3 Å². The van der Waals surface area contributed by atoms with Gasteiger partial charge in [0.1, 0.15) is 29.0 Å². The van der Waals surface area contributed by atoms with Crippen molar-refractivity contribution in [3.8, 4) is 11.5 Å². The van der Waals surface area contributed by atoms with E-state index in [2.05, 4.69) is 0 Å². The van der Waals surface area contributed by atoms with Crippen molar-refractivity contribution < 1.29 is 53.3 Å². The topological polar surface area (TPSA) is 18.5 Å². The Hall–Kier alpha value is -5.13. The molecule has 0 spiro atoms. The fourth-order valence-electron chi connectivity index (χ4n) is 7.39. The molecule has 6 aromatic rings. The van der Waals surface area contributed by atoms with E-state index in [0.29, 0.717) is 18.0 Å². The highest BCUT2D eigenvalue weighted by Gasteiger charge is 2.48. The van der Waals surface area contributed by atoms with Gasteiger partial charge in [-0.05, 0) is 25.6 Å². The predicted molar refractivity (Wildman–Crippen MR) is 188 cm³/mol. The van der Waals surface area contributed by atoms with Crippen LogP contribution in [0.5, 0.6) is 11.5 Å². The van der Waals surface area contributed by atoms with Gasteiger partial charge >= 0.3 is 0 Å². The molecule has 1 heterocycles. The van der Waals surface area contributed by atoms with Crippen molar-refractivity contribution in [3.63, 3.8) is 0 Å². The second-order valence-electron chi connectivity index (χ2n) is 13.1. The van der Waals surface area contributed by atoms with Crippen LogP contribution in [0.4, 0.5) is 43.9 Å². The second kappa shape index (κ2) is 13.6. The maximum absolute atomic E-state index is 16.0. The number of hydrogen-bond donors (Lipinski definition) is 0. The highest BCUT2D eigenvalue weighted by Crippen LogP contribution is 2.50. The summed E-state index contributed by atoms with van der Waals surface area (Å²) in [6, 6.07) is 27.6. The molecule has 0 fully saturated rings. The molecule has 0 bridgehead atoms. The standard InChI is InChI=1S/C40H25BF10O2P/c1-40(2)22-16-10-18-24(38(22)53-39-23(40)17-11-19-25(39)54(20-12-6-4-7-13-20)21-14-8-5-9-15-21)41(52-3,26-28(42)32(46)36(50)33(47)29(26)43)27-30(44)34(48)37(51)35(49)31(27)45/h4-19H,1-3H3/q-1. The number of benzene rings is 6. The third-order valence-corrected chi connectivity index (χ3v) is 12.4. The van der Waals surface area contributed by atoms with Crippen LogP contribution >= 0.6 is 7.92 Å². The molecule has 0 aromatic heterocycles. The summed E-state index contributed by atoms with van der Waals surface area (Å²) in [5.74, 6) is -26.2. The fourth-order valence-corrected chi connectivity index (χ4v) is 9.78. The van der Waals surface area contributed by atoms with Gasteiger partial charge in [-0.15, -0.1) is 5.46 Å². The summed E-state index contributed by atoms with van der Waals surface area (Å²) >= 11 is 0. The van der Waals surface area contributed by atoms with Gasteiger partial charge in [0.05, 0.1) is 5.75 Å². The van der Waals surface area contributed by atoms with Crippen LogP contribution in [0.3, 0.4) is 0 Å². The van der Waals surface area contributed by atoms with E-state index < -0.39 is 100.0 Å². The van der Waals surface area contributed by atoms with Crippen molar-refractivity contribution in [2.45, 2.75) is 19.3 Å². The highest BCUT2D eigenvalue weighted by atomic mass is 31.1. The van der Waals surface area contributed by atoms with Gasteiger partial charge in [0, 0.05) is 21.8 Å². The van der Waals surface area contributed by atoms with Crippen molar-refractivity contribution >= 4 is 46.6 Å². The molecule has 0 aliphatic carbocycles. The minimum atomic E-state index is -4.81. The van der Waals surface area contributed by atoms with Crippen molar-refractivity contribution in [1.29, 1.82) is 0 Å². The molecule has 0 saturated carbocycles. The number of halogens is 10. The highest BCUT2D eigenvalue weighted by molar-refractivity contribution is 7.80. The van der Waals surface area contributed by atoms with Crippen molar-refractivity contribution in [2.75, 3.05) is 7.11 Å². The summed E-state index contributed by atoms with van der Waals surface area (Å²) < 4.78 is 165. The molecule has 0 amide bonds. The number of fused-ring (bicyclic) bond motifs is 2. The summed E-state index contributed by atoms with van der Waals surface area (Å²) in [4.78, 5) is 0. The molecule has 276 valence electrons. The van der Waals surface area contributed by atoms with Crippen molar-refractivity contribution in [3.05, 3.63) is 166 Å². The zero-order chi connectivity index (χ0) is 38.9. The molecule has 0 N–H and O–H groups in total. The van der Waals surface area contributed by atoms with Gasteiger partial charge in [0.15, 0.2) is 34.9 Å². The van der Waals surface area contributed by atoms with Gasteiger partial charge in [-0.1, -0.05) is 122 Å². The molecule has 14 heteroatoms. The molecular weight excluding hydrogens is 744 g/mol. The largest absolute Gasteiger partial charge is 0.581 e. The first kappa shape index (κ1) is 37.2. The quantitative estimate of drug-likeness (QED) is 0.0542. The summed E-state index contributed by atoms with van der Waals surface area (Å²) in [5, 5.41) is 2.33. The Morgan fingerprint density at radius 3 is 1.30 bits per heavy atom. The molecular formula is C40H25BF10O2P-. The Bertz CT molecular complexity index is 2300. The van der Waals surface area contributed by atoms with Gasteiger partial charge in [-0.2, -0.15) is 0 Å². The van der Waals surface area contributed by atoms with Gasteiger partial charge in [-0.25, -0.2) is 43.9 Å². The Labute approximate surface area is 303 Å². The van der Waals surface area contributed by atoms with Gasteiger partial charge < -0.3 is 9.39 Å². The summed E-state index contributed by atoms with van der Waals surface area (Å²) in [7, 11) is -0.848. The van der Waals surface area contributed by atoms with Crippen LogP contribution in [-0.4, -0.2) is 13.5 Å². The Morgan fingerprint density at radius 1 is 0.481 bits per heavy atom. The maximum atomic E-state index is 16.0. The van der Waals surface area contributed by atoms with Gasteiger partial charge in [-0.3, -0.25) is 0 Å². The molecule has 7 rings (SSSR count). The first-order chi connectivity index (χ1) is 25.7. The minimum Gasteiger partial charge on any atom is -0.581 e. The third-order valence-electron chi connectivity index (χ3n) is 9.95. The van der Waals surface area contributed by atoms with E-state index in [0.717, 1.165) is 16.7 Å². The molecule has 1 aliphatic rings. The molecule has 54 heavy (non-hydrogen) atoms. The Balaban J connectivity index is 1.61. The predicted octanol–water partition coefficient (Wildman–Crippen LogP) is 7.88. The van der Waals surface area contributed by atoms with E-state index >= 15 is 35.1 Å². The van der Waals surface area contributed by atoms with Gasteiger partial charge in [0.2, 0.25) is 6.35 Å². The van der Waals surface area contributed by atoms with Crippen LogP contribution in [0, 0.1) is 58.2 Å². The van der Waals surface area contributed by atoms with Crippen LogP contribution in [0.1, 0.15) is 25.0 Å². The maximum Gasteiger partial charge on any atom is 0.213 e. The zero-order valence-corrected chi connectivity index (χ0v) is 29.3. The van der Waals surface area contributed by atoms with E-state index in [9.17, 15) is 8.78 Å². The van der Waals surface area contributed by atoms with E-state index in [4.69, 9.17) is 9.39 Å². The zero-order valence-electron chi connectivity index (χ0n) is 28.4. The molecule has 0 unspecified atom stereocenters. The third kappa shape index (κ3) is 5.34. The minimum absolute atomic E-state index is 0.171. The molecule has 6 aromatic carbocycles. The normalized spacial score (nSPS) is 13.4. The lowest BCUT2D eigenvalue weighted by Crippen LogP contribution is -2.73. The first-order valence-electron chi connectivity index (χ1n) is 16.3. The second-order valence-corrected chi connectivity index (χ2v) is 15.3. The van der Waals surface area contributed by atoms with E-state index in [1.54, 1.807) is 32.0 Å². The van der Waals surface area contributed by atoms with Gasteiger partial charge in [0.25, 0.3) is 0 Å². The lowest BCUT2D eigenvalue weighted by atomic mass is 9.27. The van der Waals surface area contributed by atoms with Crippen LogP contribution < -0.4 is 37.0 Å². The summed E-state index contributed by atoms with van der Waals surface area (Å²) in [6.07, 6.45) is -4.81. The monoisotopic (exact) mass is 769 g/mol. The summed E-state index contributed by atoms with van der Waals surface area (Å²) in [6.45, 7) is 3.46. The number of rotatable bonds is 7. The lowest BCUT2D eigenvalue weighted by Gasteiger charge is -2.46. The lowest BCUT2D eigenvalue weighted by molar-refractivity contribution is 0.369. The van der Waals surface area contributed by atoms with E-state index in [1.165, 1.54) is 12.1 Å². The molecule has 0 atom stereocenters. The van der Waals surface area contributed by atoms with Crippen molar-refractivity contribution in [2.24, 2.45) is 0 Å². The Kier molecular flexibility index (Phi) is 9.38. The Morgan fingerprint density at radius 2 is 0.870 bits per heavy atom.